The third-order valence-corrected chi connectivity index (χ3v) is 3.59. The predicted octanol–water partition coefficient (Wildman–Crippen LogP) is 3.66. The fourth-order valence-corrected chi connectivity index (χ4v) is 2.58. The molecule has 0 unspecified atom stereocenters. The first-order chi connectivity index (χ1) is 10.0. The van der Waals surface area contributed by atoms with Gasteiger partial charge in [-0.25, -0.2) is 4.98 Å². The first kappa shape index (κ1) is 13.5. The number of aromatic nitrogens is 1. The second-order valence-corrected chi connectivity index (χ2v) is 5.48. The van der Waals surface area contributed by atoms with Crippen molar-refractivity contribution in [3.05, 3.63) is 53.4 Å². The number of rotatable bonds is 3. The Labute approximate surface area is 124 Å². The first-order valence-electron chi connectivity index (χ1n) is 6.96. The zero-order valence-electron chi connectivity index (χ0n) is 12.6. The average molecular weight is 281 g/mol. The van der Waals surface area contributed by atoms with Gasteiger partial charge >= 0.3 is 0 Å². The third-order valence-electron chi connectivity index (χ3n) is 3.59. The average Bonchev–Trinajstić information content (AvgIpc) is 2.79. The molecule has 3 rings (SSSR count). The largest absolute Gasteiger partial charge is 0.439 e. The van der Waals surface area contributed by atoms with E-state index < -0.39 is 0 Å². The van der Waals surface area contributed by atoms with Gasteiger partial charge < -0.3 is 15.1 Å². The molecule has 1 aromatic heterocycles. The van der Waals surface area contributed by atoms with Gasteiger partial charge in [0.2, 0.25) is 5.89 Å². The van der Waals surface area contributed by atoms with E-state index in [0.29, 0.717) is 18.1 Å². The molecule has 0 spiro atoms. The molecule has 3 aromatic rings. The van der Waals surface area contributed by atoms with Crippen LogP contribution in [0.3, 0.4) is 0 Å². The molecule has 0 aliphatic heterocycles. The van der Waals surface area contributed by atoms with Crippen LogP contribution < -0.4 is 10.6 Å². The van der Waals surface area contributed by atoms with Crippen molar-refractivity contribution in [2.45, 2.75) is 20.4 Å². The van der Waals surface area contributed by atoms with Gasteiger partial charge in [-0.05, 0) is 43.7 Å². The van der Waals surface area contributed by atoms with Crippen LogP contribution in [0, 0.1) is 13.8 Å². The molecule has 0 saturated carbocycles. The molecule has 0 atom stereocenters. The highest BCUT2D eigenvalue weighted by Gasteiger charge is 2.11. The molecule has 4 nitrogen and oxygen atoms in total. The van der Waals surface area contributed by atoms with Gasteiger partial charge in [-0.15, -0.1) is 0 Å². The van der Waals surface area contributed by atoms with E-state index in [1.165, 1.54) is 16.8 Å². The van der Waals surface area contributed by atoms with Gasteiger partial charge in [-0.2, -0.15) is 0 Å². The van der Waals surface area contributed by atoms with Gasteiger partial charge in [0.25, 0.3) is 0 Å². The molecule has 0 saturated heterocycles. The SMILES string of the molecule is Cc1ccc(N(C)Cc2nc3cc(N)ccc3o2)c(C)c1. The van der Waals surface area contributed by atoms with Crippen LogP contribution in [0.2, 0.25) is 0 Å². The molecule has 0 fully saturated rings. The van der Waals surface area contributed by atoms with Crippen LogP contribution in [-0.4, -0.2) is 12.0 Å². The summed E-state index contributed by atoms with van der Waals surface area (Å²) in [7, 11) is 2.04. The molecule has 0 aliphatic rings. The van der Waals surface area contributed by atoms with E-state index in [1.807, 2.05) is 25.2 Å². The molecule has 108 valence electrons. The normalized spacial score (nSPS) is 11.0. The Morgan fingerprint density at radius 1 is 1.14 bits per heavy atom. The summed E-state index contributed by atoms with van der Waals surface area (Å²) in [6, 6.07) is 11.9. The highest BCUT2D eigenvalue weighted by Crippen LogP contribution is 2.23. The van der Waals surface area contributed by atoms with Crippen molar-refractivity contribution in [1.29, 1.82) is 0 Å². The number of nitrogens with two attached hydrogens (primary N) is 1. The van der Waals surface area contributed by atoms with Crippen molar-refractivity contribution in [2.24, 2.45) is 0 Å². The molecule has 0 bridgehead atoms. The van der Waals surface area contributed by atoms with E-state index in [0.717, 1.165) is 11.1 Å². The minimum Gasteiger partial charge on any atom is -0.439 e. The zero-order valence-corrected chi connectivity index (χ0v) is 12.6. The van der Waals surface area contributed by atoms with Gasteiger partial charge in [-0.3, -0.25) is 0 Å². The molecule has 1 heterocycles. The van der Waals surface area contributed by atoms with Crippen LogP contribution in [0.5, 0.6) is 0 Å². The topological polar surface area (TPSA) is 55.3 Å². The van der Waals surface area contributed by atoms with E-state index in [4.69, 9.17) is 10.2 Å². The number of oxazole rings is 1. The summed E-state index contributed by atoms with van der Waals surface area (Å²) in [4.78, 5) is 6.64. The molecular formula is C17H19N3O. The molecule has 2 aromatic carbocycles. The first-order valence-corrected chi connectivity index (χ1v) is 6.96. The second kappa shape index (κ2) is 5.13. The van der Waals surface area contributed by atoms with Crippen LogP contribution in [0.4, 0.5) is 11.4 Å². The summed E-state index contributed by atoms with van der Waals surface area (Å²) in [5.74, 6) is 0.693. The zero-order chi connectivity index (χ0) is 15.0. The van der Waals surface area contributed by atoms with E-state index >= 15 is 0 Å². The predicted molar refractivity (Wildman–Crippen MR) is 86.4 cm³/mol. The molecule has 0 radical (unpaired) electrons. The number of anilines is 2. The van der Waals surface area contributed by atoms with E-state index in [2.05, 4.69) is 41.9 Å². The lowest BCUT2D eigenvalue weighted by atomic mass is 10.1. The lowest BCUT2D eigenvalue weighted by molar-refractivity contribution is 0.527. The number of hydrogen-bond donors (Lipinski definition) is 1. The number of fused-ring (bicyclic) bond motifs is 1. The van der Waals surface area contributed by atoms with Crippen LogP contribution in [0.15, 0.2) is 40.8 Å². The van der Waals surface area contributed by atoms with Gasteiger partial charge in [0.05, 0.1) is 6.54 Å². The lowest BCUT2D eigenvalue weighted by Gasteiger charge is -2.20. The summed E-state index contributed by atoms with van der Waals surface area (Å²) in [6.07, 6.45) is 0. The van der Waals surface area contributed by atoms with Crippen LogP contribution in [0.1, 0.15) is 17.0 Å². The van der Waals surface area contributed by atoms with E-state index in [9.17, 15) is 0 Å². The summed E-state index contributed by atoms with van der Waals surface area (Å²) in [5, 5.41) is 0. The van der Waals surface area contributed by atoms with Gasteiger partial charge in [-0.1, -0.05) is 17.7 Å². The summed E-state index contributed by atoms with van der Waals surface area (Å²) in [6.45, 7) is 4.84. The van der Waals surface area contributed by atoms with Crippen LogP contribution >= 0.6 is 0 Å². The van der Waals surface area contributed by atoms with Crippen molar-refractivity contribution in [2.75, 3.05) is 17.7 Å². The molecule has 2 N–H and O–H groups in total. The Morgan fingerprint density at radius 2 is 1.95 bits per heavy atom. The number of aryl methyl sites for hydroxylation is 2. The molecule has 4 heteroatoms. The lowest BCUT2D eigenvalue weighted by Crippen LogP contribution is -2.17. The number of nitrogens with zero attached hydrogens (tertiary/aromatic N) is 2. The van der Waals surface area contributed by atoms with Crippen molar-refractivity contribution in [1.82, 2.24) is 4.98 Å². The Kier molecular flexibility index (Phi) is 3.29. The summed E-state index contributed by atoms with van der Waals surface area (Å²) in [5.41, 5.74) is 11.7. The third kappa shape index (κ3) is 2.70. The number of benzene rings is 2. The Bertz CT molecular complexity index is 792. The second-order valence-electron chi connectivity index (χ2n) is 5.48. The van der Waals surface area contributed by atoms with E-state index in [1.54, 1.807) is 0 Å². The van der Waals surface area contributed by atoms with Crippen molar-refractivity contribution in [3.63, 3.8) is 0 Å². The van der Waals surface area contributed by atoms with Crippen LogP contribution in [-0.2, 0) is 6.54 Å². The summed E-state index contributed by atoms with van der Waals surface area (Å²) >= 11 is 0. The summed E-state index contributed by atoms with van der Waals surface area (Å²) < 4.78 is 5.77. The monoisotopic (exact) mass is 281 g/mol. The van der Waals surface area contributed by atoms with Gasteiger partial charge in [0.1, 0.15) is 5.52 Å². The fourth-order valence-electron chi connectivity index (χ4n) is 2.58. The highest BCUT2D eigenvalue weighted by atomic mass is 16.3. The minimum atomic E-state index is 0.623. The molecule has 21 heavy (non-hydrogen) atoms. The maximum atomic E-state index is 5.77. The minimum absolute atomic E-state index is 0.623. The smallest absolute Gasteiger partial charge is 0.215 e. The van der Waals surface area contributed by atoms with Crippen molar-refractivity contribution >= 4 is 22.5 Å². The number of nitrogen functional groups attached to an aromatic ring is 1. The fraction of sp³-hybridized carbons (Fsp3) is 0.235. The van der Waals surface area contributed by atoms with Gasteiger partial charge in [0, 0.05) is 18.4 Å². The Hall–Kier alpha value is -2.49. The number of hydrogen-bond acceptors (Lipinski definition) is 4. The standard InChI is InChI=1S/C17H19N3O/c1-11-4-6-15(12(2)8-11)20(3)10-17-19-14-9-13(18)5-7-16(14)21-17/h4-9H,10,18H2,1-3H3. The van der Waals surface area contributed by atoms with Crippen LogP contribution in [0.25, 0.3) is 11.1 Å². The van der Waals surface area contributed by atoms with Crippen molar-refractivity contribution < 1.29 is 4.42 Å². The quantitative estimate of drug-likeness (QED) is 0.744. The maximum Gasteiger partial charge on any atom is 0.215 e. The Morgan fingerprint density at radius 3 is 2.71 bits per heavy atom. The van der Waals surface area contributed by atoms with E-state index in [-0.39, 0.29) is 0 Å². The molecular weight excluding hydrogens is 262 g/mol. The molecule has 0 amide bonds. The van der Waals surface area contributed by atoms with Crippen molar-refractivity contribution in [3.8, 4) is 0 Å². The highest BCUT2D eigenvalue weighted by molar-refractivity contribution is 5.76. The van der Waals surface area contributed by atoms with Gasteiger partial charge in [0.15, 0.2) is 5.58 Å². The Balaban J connectivity index is 1.87. The maximum absolute atomic E-state index is 5.77. The molecule has 0 aliphatic carbocycles.